The molecular formula is C18H24N4O. The summed E-state index contributed by atoms with van der Waals surface area (Å²) in [6.45, 7) is 9.96. The second-order valence-electron chi connectivity index (χ2n) is 6.96. The van der Waals surface area contributed by atoms with Crippen molar-refractivity contribution in [3.63, 3.8) is 0 Å². The number of fused-ring (bicyclic) bond motifs is 1. The molecule has 1 aliphatic heterocycles. The molecule has 5 heteroatoms. The number of urea groups is 1. The van der Waals surface area contributed by atoms with Crippen LogP contribution < -0.4 is 5.32 Å². The third kappa shape index (κ3) is 3.45. The van der Waals surface area contributed by atoms with Crippen molar-refractivity contribution in [1.82, 2.24) is 14.8 Å². The van der Waals surface area contributed by atoms with Crippen molar-refractivity contribution < 1.29 is 4.79 Å². The molecule has 0 atom stereocenters. The van der Waals surface area contributed by atoms with Crippen molar-refractivity contribution in [2.45, 2.75) is 26.3 Å². The summed E-state index contributed by atoms with van der Waals surface area (Å²) < 4.78 is 0. The lowest BCUT2D eigenvalue weighted by Gasteiger charge is -2.42. The van der Waals surface area contributed by atoms with E-state index in [2.05, 4.69) is 36.0 Å². The predicted molar refractivity (Wildman–Crippen MR) is 93.7 cm³/mol. The van der Waals surface area contributed by atoms with E-state index in [1.807, 2.05) is 35.2 Å². The number of hydrogen-bond donors (Lipinski definition) is 1. The van der Waals surface area contributed by atoms with Crippen LogP contribution in [0.15, 0.2) is 36.5 Å². The monoisotopic (exact) mass is 312 g/mol. The fraction of sp³-hybridized carbons (Fsp3) is 0.444. The van der Waals surface area contributed by atoms with Crippen LogP contribution in [0.5, 0.6) is 0 Å². The lowest BCUT2D eigenvalue weighted by Crippen LogP contribution is -2.55. The molecule has 1 aliphatic rings. The van der Waals surface area contributed by atoms with Crippen LogP contribution in [0.4, 0.5) is 10.5 Å². The maximum atomic E-state index is 12.5. The second kappa shape index (κ2) is 6.16. The number of pyridine rings is 1. The number of benzene rings is 1. The Morgan fingerprint density at radius 1 is 1.09 bits per heavy atom. The van der Waals surface area contributed by atoms with Gasteiger partial charge >= 0.3 is 6.03 Å². The Hall–Kier alpha value is -2.14. The van der Waals surface area contributed by atoms with Gasteiger partial charge in [-0.05, 0) is 32.9 Å². The molecule has 3 rings (SSSR count). The quantitative estimate of drug-likeness (QED) is 0.880. The molecule has 1 aromatic heterocycles. The van der Waals surface area contributed by atoms with Crippen molar-refractivity contribution in [1.29, 1.82) is 0 Å². The van der Waals surface area contributed by atoms with Gasteiger partial charge in [-0.25, -0.2) is 4.79 Å². The second-order valence-corrected chi connectivity index (χ2v) is 6.96. The van der Waals surface area contributed by atoms with Crippen LogP contribution in [0.2, 0.25) is 0 Å². The number of amides is 2. The number of piperazine rings is 1. The first kappa shape index (κ1) is 15.7. The Bertz CT molecular complexity index is 694. The molecule has 1 saturated heterocycles. The van der Waals surface area contributed by atoms with Crippen LogP contribution in [-0.4, -0.2) is 52.5 Å². The number of anilines is 1. The summed E-state index contributed by atoms with van der Waals surface area (Å²) in [5.74, 6) is 0. The molecule has 1 fully saturated rings. The zero-order chi connectivity index (χ0) is 16.4. The molecule has 2 heterocycles. The molecule has 122 valence electrons. The van der Waals surface area contributed by atoms with E-state index in [0.29, 0.717) is 0 Å². The van der Waals surface area contributed by atoms with Crippen LogP contribution in [0, 0.1) is 0 Å². The highest BCUT2D eigenvalue weighted by Gasteiger charge is 2.27. The molecule has 0 saturated carbocycles. The van der Waals surface area contributed by atoms with Crippen molar-refractivity contribution in [2.75, 3.05) is 31.5 Å². The molecule has 5 nitrogen and oxygen atoms in total. The van der Waals surface area contributed by atoms with E-state index in [1.54, 1.807) is 6.20 Å². The standard InChI is InChI=1S/C18H24N4O/c1-18(2,3)22-12-10-21(11-13-22)17(23)20-15-8-4-6-14-7-5-9-19-16(14)15/h4-9H,10-13H2,1-3H3,(H,20,23). The Morgan fingerprint density at radius 2 is 1.78 bits per heavy atom. The normalized spacial score (nSPS) is 16.6. The summed E-state index contributed by atoms with van der Waals surface area (Å²) in [6.07, 6.45) is 1.75. The van der Waals surface area contributed by atoms with Gasteiger partial charge in [0, 0.05) is 43.3 Å². The van der Waals surface area contributed by atoms with Gasteiger partial charge in [0.05, 0.1) is 11.2 Å². The van der Waals surface area contributed by atoms with Gasteiger partial charge in [0.1, 0.15) is 0 Å². The number of rotatable bonds is 1. The van der Waals surface area contributed by atoms with Crippen molar-refractivity contribution >= 4 is 22.6 Å². The van der Waals surface area contributed by atoms with Gasteiger partial charge in [-0.3, -0.25) is 9.88 Å². The maximum Gasteiger partial charge on any atom is 0.321 e. The number of carbonyl (C=O) groups is 1. The van der Waals surface area contributed by atoms with E-state index in [9.17, 15) is 4.79 Å². The number of para-hydroxylation sites is 1. The lowest BCUT2D eigenvalue weighted by atomic mass is 10.1. The molecule has 2 aromatic rings. The molecule has 0 spiro atoms. The maximum absolute atomic E-state index is 12.5. The molecule has 1 N–H and O–H groups in total. The van der Waals surface area contributed by atoms with Crippen LogP contribution >= 0.6 is 0 Å². The molecule has 0 aliphatic carbocycles. The molecule has 23 heavy (non-hydrogen) atoms. The number of nitrogens with one attached hydrogen (secondary N) is 1. The third-order valence-corrected chi connectivity index (χ3v) is 4.39. The van der Waals surface area contributed by atoms with Gasteiger partial charge in [0.15, 0.2) is 0 Å². The Labute approximate surface area is 137 Å². The fourth-order valence-corrected chi connectivity index (χ4v) is 2.98. The lowest BCUT2D eigenvalue weighted by molar-refractivity contribution is 0.0775. The Balaban J connectivity index is 1.68. The van der Waals surface area contributed by atoms with E-state index in [-0.39, 0.29) is 11.6 Å². The molecule has 0 bridgehead atoms. The first-order valence-corrected chi connectivity index (χ1v) is 8.10. The van der Waals surface area contributed by atoms with Gasteiger partial charge < -0.3 is 10.2 Å². The van der Waals surface area contributed by atoms with E-state index < -0.39 is 0 Å². The zero-order valence-corrected chi connectivity index (χ0v) is 14.0. The number of hydrogen-bond acceptors (Lipinski definition) is 3. The van der Waals surface area contributed by atoms with E-state index in [0.717, 1.165) is 42.8 Å². The summed E-state index contributed by atoms with van der Waals surface area (Å²) in [7, 11) is 0. The fourth-order valence-electron chi connectivity index (χ4n) is 2.98. The number of nitrogens with zero attached hydrogens (tertiary/aromatic N) is 3. The predicted octanol–water partition coefficient (Wildman–Crippen LogP) is 3.18. The third-order valence-electron chi connectivity index (χ3n) is 4.39. The van der Waals surface area contributed by atoms with Gasteiger partial charge in [-0.2, -0.15) is 0 Å². The summed E-state index contributed by atoms with van der Waals surface area (Å²) >= 11 is 0. The van der Waals surface area contributed by atoms with Crippen molar-refractivity contribution in [3.05, 3.63) is 36.5 Å². The first-order chi connectivity index (χ1) is 10.9. The first-order valence-electron chi connectivity index (χ1n) is 8.10. The van der Waals surface area contributed by atoms with Crippen LogP contribution in [0.3, 0.4) is 0 Å². The average molecular weight is 312 g/mol. The summed E-state index contributed by atoms with van der Waals surface area (Å²) in [6, 6.07) is 9.70. The molecule has 2 amide bonds. The summed E-state index contributed by atoms with van der Waals surface area (Å²) in [5, 5.41) is 4.04. The largest absolute Gasteiger partial charge is 0.322 e. The molecule has 0 unspecified atom stereocenters. The number of carbonyl (C=O) groups excluding carboxylic acids is 1. The van der Waals surface area contributed by atoms with Gasteiger partial charge in [0.2, 0.25) is 0 Å². The van der Waals surface area contributed by atoms with Gasteiger partial charge in [-0.1, -0.05) is 18.2 Å². The molecule has 1 aromatic carbocycles. The molecular weight excluding hydrogens is 288 g/mol. The van der Waals surface area contributed by atoms with Crippen LogP contribution in [-0.2, 0) is 0 Å². The topological polar surface area (TPSA) is 48.5 Å². The highest BCUT2D eigenvalue weighted by atomic mass is 16.2. The van der Waals surface area contributed by atoms with Crippen molar-refractivity contribution in [3.8, 4) is 0 Å². The zero-order valence-electron chi connectivity index (χ0n) is 14.0. The van der Waals surface area contributed by atoms with Crippen LogP contribution in [0.25, 0.3) is 10.9 Å². The van der Waals surface area contributed by atoms with E-state index >= 15 is 0 Å². The van der Waals surface area contributed by atoms with E-state index in [1.165, 1.54) is 0 Å². The minimum Gasteiger partial charge on any atom is -0.322 e. The highest BCUT2D eigenvalue weighted by Crippen LogP contribution is 2.21. The molecule has 0 radical (unpaired) electrons. The number of aromatic nitrogens is 1. The SMILES string of the molecule is CC(C)(C)N1CCN(C(=O)Nc2cccc3cccnc23)CC1. The summed E-state index contributed by atoms with van der Waals surface area (Å²) in [4.78, 5) is 21.2. The average Bonchev–Trinajstić information content (AvgIpc) is 2.54. The van der Waals surface area contributed by atoms with Gasteiger partial charge in [-0.15, -0.1) is 0 Å². The highest BCUT2D eigenvalue weighted by molar-refractivity contribution is 5.99. The van der Waals surface area contributed by atoms with Gasteiger partial charge in [0.25, 0.3) is 0 Å². The van der Waals surface area contributed by atoms with Crippen LogP contribution in [0.1, 0.15) is 20.8 Å². The smallest absolute Gasteiger partial charge is 0.321 e. The Kier molecular flexibility index (Phi) is 4.22. The summed E-state index contributed by atoms with van der Waals surface area (Å²) in [5.41, 5.74) is 1.75. The minimum absolute atomic E-state index is 0.0447. The van der Waals surface area contributed by atoms with Crippen molar-refractivity contribution in [2.24, 2.45) is 0 Å². The van der Waals surface area contributed by atoms with E-state index in [4.69, 9.17) is 0 Å². The minimum atomic E-state index is -0.0447. The Morgan fingerprint density at radius 3 is 2.48 bits per heavy atom.